The van der Waals surface area contributed by atoms with Gasteiger partial charge in [0.25, 0.3) is 0 Å². The summed E-state index contributed by atoms with van der Waals surface area (Å²) in [5, 5.41) is 2.55. The van der Waals surface area contributed by atoms with Gasteiger partial charge < -0.3 is 5.32 Å². The topological polar surface area (TPSA) is 54.4 Å². The molecule has 0 fully saturated rings. The van der Waals surface area contributed by atoms with Crippen LogP contribution in [0.15, 0.2) is 47.6 Å². The van der Waals surface area contributed by atoms with Crippen molar-refractivity contribution in [2.75, 3.05) is 11.9 Å². The number of pyridine rings is 1. The number of aromatic nitrogens is 1. The highest BCUT2D eigenvalue weighted by atomic mass is 19.4. The number of amides is 1. The number of rotatable bonds is 1. The van der Waals surface area contributed by atoms with Crippen molar-refractivity contribution in [1.29, 1.82) is 0 Å². The number of nitrogens with one attached hydrogen (secondary N) is 1. The molecule has 0 aliphatic carbocycles. The molecule has 0 radical (unpaired) electrons. The maximum Gasteiger partial charge on any atom is 0.416 e. The van der Waals surface area contributed by atoms with Crippen LogP contribution in [0.5, 0.6) is 0 Å². The molecule has 2 heterocycles. The van der Waals surface area contributed by atoms with Crippen molar-refractivity contribution in [2.24, 2.45) is 4.99 Å². The summed E-state index contributed by atoms with van der Waals surface area (Å²) in [6.45, 7) is -0.165. The second kappa shape index (κ2) is 5.25. The lowest BCUT2D eigenvalue weighted by Gasteiger charge is -2.13. The number of carbonyl (C=O) groups is 1. The van der Waals surface area contributed by atoms with E-state index in [-0.39, 0.29) is 23.7 Å². The molecule has 0 atom stereocenters. The van der Waals surface area contributed by atoms with Crippen molar-refractivity contribution >= 4 is 17.3 Å². The summed E-state index contributed by atoms with van der Waals surface area (Å²) in [5.41, 5.74) is 0.380. The first kappa shape index (κ1) is 14.2. The highest BCUT2D eigenvalue weighted by Gasteiger charge is 2.32. The molecule has 22 heavy (non-hydrogen) atoms. The van der Waals surface area contributed by atoms with Crippen molar-refractivity contribution in [1.82, 2.24) is 4.98 Å². The Balaban J connectivity index is 2.19. The molecule has 7 heteroatoms. The lowest BCUT2D eigenvalue weighted by molar-refractivity contribution is -0.137. The van der Waals surface area contributed by atoms with Crippen molar-refractivity contribution in [2.45, 2.75) is 6.18 Å². The van der Waals surface area contributed by atoms with E-state index in [1.165, 1.54) is 12.3 Å². The van der Waals surface area contributed by atoms with Crippen molar-refractivity contribution < 1.29 is 18.0 Å². The molecule has 0 saturated carbocycles. The molecule has 2 aromatic rings. The summed E-state index contributed by atoms with van der Waals surface area (Å²) < 4.78 is 38.8. The molecule has 0 saturated heterocycles. The van der Waals surface area contributed by atoms with Gasteiger partial charge in [-0.05, 0) is 30.3 Å². The minimum atomic E-state index is -4.47. The number of hydrogen-bond acceptors (Lipinski definition) is 3. The molecule has 1 aromatic heterocycles. The Bertz CT molecular complexity index is 754. The van der Waals surface area contributed by atoms with E-state index in [0.29, 0.717) is 11.4 Å². The van der Waals surface area contributed by atoms with Gasteiger partial charge in [0.15, 0.2) is 0 Å². The molecule has 1 aromatic carbocycles. The normalized spacial score (nSPS) is 14.7. The van der Waals surface area contributed by atoms with E-state index < -0.39 is 11.7 Å². The number of benzodiazepines with no additional fused rings is 1. The third kappa shape index (κ3) is 2.69. The first-order valence-electron chi connectivity index (χ1n) is 6.42. The van der Waals surface area contributed by atoms with Crippen LogP contribution in [0, 0.1) is 0 Å². The van der Waals surface area contributed by atoms with Gasteiger partial charge in [0.05, 0.1) is 22.7 Å². The number of alkyl halides is 3. The van der Waals surface area contributed by atoms with Crippen LogP contribution in [-0.4, -0.2) is 23.1 Å². The van der Waals surface area contributed by atoms with Crippen molar-refractivity contribution in [3.05, 3.63) is 59.4 Å². The minimum absolute atomic E-state index is 0.165. The summed E-state index contributed by atoms with van der Waals surface area (Å²) in [6.07, 6.45) is -2.95. The summed E-state index contributed by atoms with van der Waals surface area (Å²) in [6, 6.07) is 8.18. The standard InChI is InChI=1S/C15H10F3N3O/c16-15(17,18)9-4-5-11-10(7-9)14(20-8-13(22)21-11)12-3-1-2-6-19-12/h1-7H,8H2,(H,21,22). The molecular formula is C15H10F3N3O. The van der Waals surface area contributed by atoms with Gasteiger partial charge in [-0.1, -0.05) is 6.07 Å². The Kier molecular flexibility index (Phi) is 3.40. The monoisotopic (exact) mass is 305 g/mol. The smallest absolute Gasteiger partial charge is 0.324 e. The van der Waals surface area contributed by atoms with E-state index in [2.05, 4.69) is 15.3 Å². The molecule has 1 aliphatic heterocycles. The Hall–Kier alpha value is -2.70. The highest BCUT2D eigenvalue weighted by molar-refractivity contribution is 6.18. The number of nitrogens with zero attached hydrogens (tertiary/aromatic N) is 2. The molecule has 4 nitrogen and oxygen atoms in total. The molecular weight excluding hydrogens is 295 g/mol. The summed E-state index contributed by atoms with van der Waals surface area (Å²) >= 11 is 0. The Morgan fingerprint density at radius 2 is 1.95 bits per heavy atom. The predicted octanol–water partition coefficient (Wildman–Crippen LogP) is 2.89. The van der Waals surface area contributed by atoms with Gasteiger partial charge in [0.2, 0.25) is 5.91 Å². The number of anilines is 1. The van der Waals surface area contributed by atoms with Crippen LogP contribution in [0.25, 0.3) is 0 Å². The van der Waals surface area contributed by atoms with Crippen LogP contribution in [0.2, 0.25) is 0 Å². The Labute approximate surface area is 123 Å². The van der Waals surface area contributed by atoms with Gasteiger partial charge in [0, 0.05) is 11.8 Å². The highest BCUT2D eigenvalue weighted by Crippen LogP contribution is 2.33. The van der Waals surface area contributed by atoms with Crippen molar-refractivity contribution in [3.8, 4) is 0 Å². The lowest BCUT2D eigenvalue weighted by Crippen LogP contribution is -2.14. The van der Waals surface area contributed by atoms with Gasteiger partial charge in [0.1, 0.15) is 6.54 Å². The minimum Gasteiger partial charge on any atom is -0.324 e. The van der Waals surface area contributed by atoms with Crippen molar-refractivity contribution in [3.63, 3.8) is 0 Å². The average molecular weight is 305 g/mol. The van der Waals surface area contributed by atoms with Gasteiger partial charge in [-0.15, -0.1) is 0 Å². The van der Waals surface area contributed by atoms with Crippen LogP contribution in [0.4, 0.5) is 18.9 Å². The van der Waals surface area contributed by atoms with Gasteiger partial charge in [-0.2, -0.15) is 13.2 Å². The summed E-state index contributed by atoms with van der Waals surface area (Å²) in [5.74, 6) is -0.382. The third-order valence-electron chi connectivity index (χ3n) is 3.16. The largest absolute Gasteiger partial charge is 0.416 e. The van der Waals surface area contributed by atoms with E-state index in [4.69, 9.17) is 0 Å². The number of hydrogen-bond donors (Lipinski definition) is 1. The number of carbonyl (C=O) groups excluding carboxylic acids is 1. The molecule has 112 valence electrons. The van der Waals surface area contributed by atoms with E-state index in [9.17, 15) is 18.0 Å². The molecule has 0 bridgehead atoms. The maximum atomic E-state index is 12.9. The van der Waals surface area contributed by atoms with E-state index in [1.807, 2.05) is 0 Å². The average Bonchev–Trinajstić information content (AvgIpc) is 2.65. The van der Waals surface area contributed by atoms with Crippen LogP contribution in [0.3, 0.4) is 0 Å². The second-order valence-electron chi connectivity index (χ2n) is 4.69. The first-order valence-corrected chi connectivity index (χ1v) is 6.42. The second-order valence-corrected chi connectivity index (χ2v) is 4.69. The first-order chi connectivity index (χ1) is 10.4. The molecule has 1 aliphatic rings. The summed E-state index contributed by atoms with van der Waals surface area (Å²) in [4.78, 5) is 19.9. The number of halogens is 3. The number of aliphatic imine (C=N–C) groups is 1. The maximum absolute atomic E-state index is 12.9. The zero-order valence-corrected chi connectivity index (χ0v) is 11.2. The fraction of sp³-hybridized carbons (Fsp3) is 0.133. The van der Waals surface area contributed by atoms with Crippen LogP contribution in [0.1, 0.15) is 16.8 Å². The Morgan fingerprint density at radius 3 is 2.64 bits per heavy atom. The molecule has 0 unspecified atom stereocenters. The van der Waals surface area contributed by atoms with Crippen LogP contribution < -0.4 is 5.32 Å². The zero-order chi connectivity index (χ0) is 15.7. The summed E-state index contributed by atoms with van der Waals surface area (Å²) in [7, 11) is 0. The van der Waals surface area contributed by atoms with E-state index in [1.54, 1.807) is 18.2 Å². The fourth-order valence-electron chi connectivity index (χ4n) is 2.17. The quantitative estimate of drug-likeness (QED) is 0.881. The Morgan fingerprint density at radius 1 is 1.14 bits per heavy atom. The SMILES string of the molecule is O=C1CN=C(c2ccccn2)c2cc(C(F)(F)F)ccc2N1. The fourth-order valence-corrected chi connectivity index (χ4v) is 2.17. The van der Waals surface area contributed by atoms with Gasteiger partial charge in [-0.25, -0.2) is 0 Å². The van der Waals surface area contributed by atoms with E-state index >= 15 is 0 Å². The molecule has 0 spiro atoms. The van der Waals surface area contributed by atoms with E-state index in [0.717, 1.165) is 12.1 Å². The van der Waals surface area contributed by atoms with Gasteiger partial charge >= 0.3 is 6.18 Å². The molecule has 3 rings (SSSR count). The lowest BCUT2D eigenvalue weighted by atomic mass is 10.0. The van der Waals surface area contributed by atoms with Crippen LogP contribution in [-0.2, 0) is 11.0 Å². The number of benzene rings is 1. The molecule has 1 N–H and O–H groups in total. The third-order valence-corrected chi connectivity index (χ3v) is 3.16. The predicted molar refractivity (Wildman–Crippen MR) is 74.8 cm³/mol. The zero-order valence-electron chi connectivity index (χ0n) is 11.2. The van der Waals surface area contributed by atoms with Gasteiger partial charge in [-0.3, -0.25) is 14.8 Å². The molecule has 1 amide bonds. The number of fused-ring (bicyclic) bond motifs is 1. The van der Waals surface area contributed by atoms with Crippen LogP contribution >= 0.6 is 0 Å².